The lowest BCUT2D eigenvalue weighted by Crippen LogP contribution is -2.37. The normalized spacial score (nSPS) is 12.4. The first-order valence-corrected chi connectivity index (χ1v) is 9.07. The van der Waals surface area contributed by atoms with Crippen molar-refractivity contribution < 1.29 is 9.26 Å². The topological polar surface area (TPSA) is 71.7 Å². The van der Waals surface area contributed by atoms with E-state index in [0.717, 1.165) is 36.1 Å². The van der Waals surface area contributed by atoms with Crippen LogP contribution in [-0.4, -0.2) is 31.8 Å². The van der Waals surface area contributed by atoms with Crippen molar-refractivity contribution in [2.24, 2.45) is 4.99 Å². The molecule has 2 N–H and O–H groups in total. The smallest absolute Gasteiger partial charge is 0.191 e. The van der Waals surface area contributed by atoms with E-state index >= 15 is 0 Å². The van der Waals surface area contributed by atoms with Crippen LogP contribution in [0.1, 0.15) is 56.0 Å². The van der Waals surface area contributed by atoms with E-state index in [-0.39, 0.29) is 24.0 Å². The van der Waals surface area contributed by atoms with Gasteiger partial charge >= 0.3 is 0 Å². The molecule has 7 heteroatoms. The molecule has 0 aliphatic heterocycles. The molecule has 1 aromatic carbocycles. The van der Waals surface area contributed by atoms with Gasteiger partial charge in [0.15, 0.2) is 11.7 Å². The van der Waals surface area contributed by atoms with Gasteiger partial charge in [0.05, 0.1) is 19.3 Å². The van der Waals surface area contributed by atoms with E-state index in [2.05, 4.69) is 53.7 Å². The van der Waals surface area contributed by atoms with Crippen LogP contribution in [0.4, 0.5) is 0 Å². The van der Waals surface area contributed by atoms with Crippen LogP contribution < -0.4 is 15.4 Å². The Bertz CT molecular complexity index is 698. The van der Waals surface area contributed by atoms with E-state index in [1.165, 1.54) is 5.56 Å². The van der Waals surface area contributed by atoms with Gasteiger partial charge in [-0.2, -0.15) is 0 Å². The maximum absolute atomic E-state index is 5.33. The van der Waals surface area contributed by atoms with Gasteiger partial charge in [0, 0.05) is 19.7 Å². The van der Waals surface area contributed by atoms with E-state index < -0.39 is 0 Å². The number of guanidine groups is 1. The van der Waals surface area contributed by atoms with Crippen LogP contribution in [0.2, 0.25) is 0 Å². The van der Waals surface area contributed by atoms with Gasteiger partial charge < -0.3 is 19.9 Å². The van der Waals surface area contributed by atoms with Gasteiger partial charge in [-0.15, -0.1) is 24.0 Å². The fraction of sp³-hybridized carbons (Fsp3) is 0.500. The number of benzene rings is 1. The lowest BCUT2D eigenvalue weighted by molar-refractivity contribution is 0.372. The molecule has 0 bridgehead atoms. The standard InChI is InChI=1S/C20H30N4O2.HI/c1-14(2)19-12-18(26-24-19)13-23-20(21-4)22-11-10-15(3)16-6-8-17(25-5)9-7-16;/h6-9,12,14-15H,10-11,13H2,1-5H3,(H2,21,22,23);1H. The van der Waals surface area contributed by atoms with Gasteiger partial charge in [-0.25, -0.2) is 0 Å². The largest absolute Gasteiger partial charge is 0.497 e. The van der Waals surface area contributed by atoms with Crippen LogP contribution in [0.25, 0.3) is 0 Å². The van der Waals surface area contributed by atoms with E-state index in [9.17, 15) is 0 Å². The van der Waals surface area contributed by atoms with Gasteiger partial charge in [-0.3, -0.25) is 4.99 Å². The van der Waals surface area contributed by atoms with E-state index in [1.54, 1.807) is 14.2 Å². The summed E-state index contributed by atoms with van der Waals surface area (Å²) in [5.74, 6) is 3.27. The van der Waals surface area contributed by atoms with Gasteiger partial charge in [0.1, 0.15) is 5.75 Å². The van der Waals surface area contributed by atoms with Crippen LogP contribution >= 0.6 is 24.0 Å². The molecule has 0 aliphatic rings. The molecular formula is C20H31IN4O2. The Hall–Kier alpha value is -1.77. The SMILES string of the molecule is CN=C(NCCC(C)c1ccc(OC)cc1)NCc1cc(C(C)C)no1.I. The summed E-state index contributed by atoms with van der Waals surface area (Å²) in [5, 5.41) is 10.7. The zero-order valence-electron chi connectivity index (χ0n) is 16.8. The Morgan fingerprint density at radius 1 is 1.19 bits per heavy atom. The highest BCUT2D eigenvalue weighted by atomic mass is 127. The predicted octanol–water partition coefficient (Wildman–Crippen LogP) is 4.28. The second kappa shape index (κ2) is 11.8. The van der Waals surface area contributed by atoms with Crippen molar-refractivity contribution in [1.29, 1.82) is 0 Å². The van der Waals surface area contributed by atoms with Gasteiger partial charge in [-0.05, 0) is 36.0 Å². The minimum absolute atomic E-state index is 0. The number of aliphatic imine (C=N–C) groups is 1. The average Bonchev–Trinajstić information content (AvgIpc) is 3.13. The Morgan fingerprint density at radius 2 is 1.89 bits per heavy atom. The van der Waals surface area contributed by atoms with E-state index in [0.29, 0.717) is 18.4 Å². The van der Waals surface area contributed by atoms with Crippen molar-refractivity contribution in [3.63, 3.8) is 0 Å². The molecule has 0 fully saturated rings. The third-order valence-electron chi connectivity index (χ3n) is 4.38. The fourth-order valence-electron chi connectivity index (χ4n) is 2.58. The summed E-state index contributed by atoms with van der Waals surface area (Å²) in [5.41, 5.74) is 2.27. The molecule has 1 aromatic heterocycles. The number of rotatable bonds is 8. The van der Waals surface area contributed by atoms with E-state index in [1.807, 2.05) is 18.2 Å². The second-order valence-electron chi connectivity index (χ2n) is 6.69. The third kappa shape index (κ3) is 7.40. The summed E-state index contributed by atoms with van der Waals surface area (Å²) >= 11 is 0. The lowest BCUT2D eigenvalue weighted by atomic mass is 9.98. The summed E-state index contributed by atoms with van der Waals surface area (Å²) in [6.07, 6.45) is 1.01. The van der Waals surface area contributed by atoms with Crippen molar-refractivity contribution in [1.82, 2.24) is 15.8 Å². The number of ether oxygens (including phenoxy) is 1. The van der Waals surface area contributed by atoms with E-state index in [4.69, 9.17) is 9.26 Å². The molecular weight excluding hydrogens is 455 g/mol. The molecule has 1 heterocycles. The minimum Gasteiger partial charge on any atom is -0.497 e. The third-order valence-corrected chi connectivity index (χ3v) is 4.38. The first-order valence-electron chi connectivity index (χ1n) is 9.07. The van der Waals surface area contributed by atoms with Crippen LogP contribution in [0.3, 0.4) is 0 Å². The first kappa shape index (κ1) is 23.3. The molecule has 150 valence electrons. The van der Waals surface area contributed by atoms with Crippen LogP contribution in [0, 0.1) is 0 Å². The molecule has 0 saturated heterocycles. The number of halogens is 1. The van der Waals surface area contributed by atoms with Crippen molar-refractivity contribution in [3.05, 3.63) is 47.3 Å². The fourth-order valence-corrected chi connectivity index (χ4v) is 2.58. The number of hydrogen-bond acceptors (Lipinski definition) is 4. The number of nitrogens with zero attached hydrogens (tertiary/aromatic N) is 2. The van der Waals surface area contributed by atoms with Crippen molar-refractivity contribution >= 4 is 29.9 Å². The van der Waals surface area contributed by atoms with Gasteiger partial charge in [0.2, 0.25) is 0 Å². The predicted molar refractivity (Wildman–Crippen MR) is 120 cm³/mol. The molecule has 2 rings (SSSR count). The molecule has 0 aliphatic carbocycles. The van der Waals surface area contributed by atoms with Gasteiger partial charge in [0.25, 0.3) is 0 Å². The number of hydrogen-bond donors (Lipinski definition) is 2. The molecule has 1 unspecified atom stereocenters. The Labute approximate surface area is 179 Å². The van der Waals surface area contributed by atoms with Crippen LogP contribution in [0.5, 0.6) is 5.75 Å². The summed E-state index contributed by atoms with van der Waals surface area (Å²) < 4.78 is 10.5. The molecule has 1 atom stereocenters. The van der Waals surface area contributed by atoms with Crippen molar-refractivity contribution in [2.45, 2.75) is 45.6 Å². The lowest BCUT2D eigenvalue weighted by Gasteiger charge is -2.15. The zero-order valence-corrected chi connectivity index (χ0v) is 19.1. The highest BCUT2D eigenvalue weighted by Gasteiger charge is 2.09. The summed E-state index contributed by atoms with van der Waals surface area (Å²) in [4.78, 5) is 4.25. The molecule has 0 radical (unpaired) electrons. The van der Waals surface area contributed by atoms with Gasteiger partial charge in [-0.1, -0.05) is 38.1 Å². The number of nitrogens with one attached hydrogen (secondary N) is 2. The van der Waals surface area contributed by atoms with Crippen molar-refractivity contribution in [3.8, 4) is 5.75 Å². The van der Waals surface area contributed by atoms with Crippen LogP contribution in [-0.2, 0) is 6.54 Å². The molecule has 0 spiro atoms. The molecule has 0 saturated carbocycles. The molecule has 27 heavy (non-hydrogen) atoms. The Kier molecular flexibility index (Phi) is 10.2. The highest BCUT2D eigenvalue weighted by molar-refractivity contribution is 14.0. The first-order chi connectivity index (χ1) is 12.5. The second-order valence-corrected chi connectivity index (χ2v) is 6.69. The summed E-state index contributed by atoms with van der Waals surface area (Å²) in [7, 11) is 3.45. The monoisotopic (exact) mass is 486 g/mol. The number of aromatic nitrogens is 1. The average molecular weight is 486 g/mol. The number of methoxy groups -OCH3 is 1. The Morgan fingerprint density at radius 3 is 2.44 bits per heavy atom. The Balaban J connectivity index is 0.00000364. The highest BCUT2D eigenvalue weighted by Crippen LogP contribution is 2.21. The maximum Gasteiger partial charge on any atom is 0.191 e. The van der Waals surface area contributed by atoms with Crippen molar-refractivity contribution in [2.75, 3.05) is 20.7 Å². The summed E-state index contributed by atoms with van der Waals surface area (Å²) in [6.45, 7) is 7.81. The summed E-state index contributed by atoms with van der Waals surface area (Å²) in [6, 6.07) is 10.2. The minimum atomic E-state index is 0. The molecule has 2 aromatic rings. The maximum atomic E-state index is 5.33. The quantitative estimate of drug-likeness (QED) is 0.331. The molecule has 6 nitrogen and oxygen atoms in total. The molecule has 0 amide bonds. The zero-order chi connectivity index (χ0) is 18.9. The van der Waals surface area contributed by atoms with Crippen LogP contribution in [0.15, 0.2) is 39.8 Å².